The van der Waals surface area contributed by atoms with Crippen LogP contribution in [0.3, 0.4) is 0 Å². The number of para-hydroxylation sites is 2. The van der Waals surface area contributed by atoms with E-state index < -0.39 is 0 Å². The van der Waals surface area contributed by atoms with E-state index >= 15 is 0 Å². The first-order valence-corrected chi connectivity index (χ1v) is 28.4. The monoisotopic (exact) mass is 1060 g/mol. The first kappa shape index (κ1) is 44.9. The van der Waals surface area contributed by atoms with Gasteiger partial charge in [-0.25, -0.2) is 0 Å². The number of pyridine rings is 2. The zero-order valence-corrected chi connectivity index (χ0v) is 44.5. The second kappa shape index (κ2) is 16.8. The summed E-state index contributed by atoms with van der Waals surface area (Å²) in [5.41, 5.74) is 21.7. The van der Waals surface area contributed by atoms with Gasteiger partial charge in [0.1, 0.15) is 22.2 Å². The molecule has 0 spiro atoms. The zero-order chi connectivity index (χ0) is 54.0. The number of anilines is 3. The van der Waals surface area contributed by atoms with E-state index in [2.05, 4.69) is 221 Å². The number of rotatable bonds is 6. The molecule has 7 nitrogen and oxygen atoms in total. The van der Waals surface area contributed by atoms with Crippen molar-refractivity contribution in [2.24, 2.45) is 11.8 Å². The summed E-state index contributed by atoms with van der Waals surface area (Å²) in [5, 5.41) is 11.1. The van der Waals surface area contributed by atoms with Crippen molar-refractivity contribution in [3.05, 3.63) is 288 Å². The molecule has 3 atom stereocenters. The molecule has 0 bridgehead atoms. The molecule has 386 valence electrons. The highest BCUT2D eigenvalue weighted by Crippen LogP contribution is 2.55. The Balaban J connectivity index is 0.899. The van der Waals surface area contributed by atoms with Gasteiger partial charge in [-0.3, -0.25) is 9.97 Å². The van der Waals surface area contributed by atoms with Crippen molar-refractivity contribution in [1.29, 1.82) is 0 Å². The summed E-state index contributed by atoms with van der Waals surface area (Å²) in [5.74, 6) is 1.10. The van der Waals surface area contributed by atoms with Gasteiger partial charge in [-0.05, 0) is 134 Å². The van der Waals surface area contributed by atoms with Crippen LogP contribution < -0.4 is 24.8 Å². The summed E-state index contributed by atoms with van der Waals surface area (Å²) in [6.45, 7) is 0. The van der Waals surface area contributed by atoms with Crippen LogP contribution in [-0.2, 0) is 0 Å². The van der Waals surface area contributed by atoms with Crippen LogP contribution >= 0.6 is 0 Å². The smallest absolute Gasteiger partial charge is 0.257 e. The van der Waals surface area contributed by atoms with Crippen molar-refractivity contribution in [2.45, 2.75) is 6.10 Å². The number of hydrogen-bond donors (Lipinski definition) is 0. The number of ether oxygens (including phenoxy) is 1. The molecule has 8 aromatic carbocycles. The van der Waals surface area contributed by atoms with E-state index in [0.29, 0.717) is 0 Å². The first-order chi connectivity index (χ1) is 41.2. The van der Waals surface area contributed by atoms with E-state index in [9.17, 15) is 0 Å². The Morgan fingerprint density at radius 3 is 2.12 bits per heavy atom. The Hall–Kier alpha value is -10.9. The molecule has 7 heteroatoms. The van der Waals surface area contributed by atoms with Crippen LogP contribution in [0.15, 0.2) is 286 Å². The molecule has 0 radical (unpaired) electrons. The van der Waals surface area contributed by atoms with Crippen LogP contribution in [0.25, 0.3) is 99.1 Å². The molecular weight excluding hydrogens is 1020 g/mol. The lowest BCUT2D eigenvalue weighted by molar-refractivity contribution is 0.304. The normalized spacial score (nSPS) is 18.8. The average Bonchev–Trinajstić information content (AvgIpc) is 3.11. The second-order valence-corrected chi connectivity index (χ2v) is 22.5. The minimum absolute atomic E-state index is 0.101. The molecule has 4 aromatic heterocycles. The molecule has 0 N–H and O–H groups in total. The predicted molar refractivity (Wildman–Crippen MR) is 337 cm³/mol. The summed E-state index contributed by atoms with van der Waals surface area (Å²) in [4.78, 5) is 11.9. The largest absolute Gasteiger partial charge is 0.468 e. The van der Waals surface area contributed by atoms with Crippen molar-refractivity contribution in [3.63, 3.8) is 0 Å². The summed E-state index contributed by atoms with van der Waals surface area (Å²) in [7, 11) is 0. The molecule has 0 amide bonds. The summed E-state index contributed by atoms with van der Waals surface area (Å²) in [6, 6.07) is 52.5. The number of hydrogen-bond acceptors (Lipinski definition) is 6. The summed E-state index contributed by atoms with van der Waals surface area (Å²) >= 11 is 0. The number of aromatic nitrogens is 2. The standard InChI is InChI=1S/C76H45N4O3/c1-2-17-46(18-3-1)79(47-27-32-67-58(35-47)49-19-4-6-25-66(49)81-67)63-37-59-57(45-16-12-34-78-42-45)36-64(55-31-29-53-48(44-15-11-33-77-41-44)28-30-54(63)75(53)76(55)59)80-62-24-5-7-26-68(62)82-70-39-61-69(40-65(70)80)83-71-38-60-52-21-9-14-43-13-8-20-50(72(43)52)51-22-10-23-56(73(51)60)74(61)71/h1-42,68,72-73H/q+1. The van der Waals surface area contributed by atoms with E-state index in [-0.39, 0.29) is 17.9 Å². The lowest BCUT2D eigenvalue weighted by atomic mass is 9.61. The number of nitrogens with zero attached hydrogens (tertiary/aromatic N) is 4. The quantitative estimate of drug-likeness (QED) is 0.122. The van der Waals surface area contributed by atoms with Crippen molar-refractivity contribution < 1.29 is 13.6 Å². The van der Waals surface area contributed by atoms with Gasteiger partial charge >= 0.3 is 0 Å². The Bertz CT molecular complexity index is 5410. The van der Waals surface area contributed by atoms with Crippen LogP contribution in [0.4, 0.5) is 28.4 Å². The highest BCUT2D eigenvalue weighted by Gasteiger charge is 2.43. The van der Waals surface area contributed by atoms with E-state index in [1.807, 2.05) is 49.1 Å². The van der Waals surface area contributed by atoms with Gasteiger partial charge in [0.2, 0.25) is 17.5 Å². The maximum absolute atomic E-state index is 7.19. The third-order valence-corrected chi connectivity index (χ3v) is 18.2. The number of allylic oxidation sites excluding steroid dienone is 16. The fourth-order valence-corrected chi connectivity index (χ4v) is 14.8. The van der Waals surface area contributed by atoms with E-state index in [0.717, 1.165) is 138 Å². The molecule has 0 saturated carbocycles. The first-order valence-electron chi connectivity index (χ1n) is 28.4. The van der Waals surface area contributed by atoms with Gasteiger partial charge in [0.15, 0.2) is 5.75 Å². The molecular formula is C76H45N4O3+. The highest BCUT2D eigenvalue weighted by molar-refractivity contribution is 6.33. The van der Waals surface area contributed by atoms with Gasteiger partial charge < -0.3 is 18.5 Å². The van der Waals surface area contributed by atoms with Crippen molar-refractivity contribution >= 4 is 111 Å². The summed E-state index contributed by atoms with van der Waals surface area (Å²) < 4.78 is 23.2. The SMILES string of the molecule is C1=CC2=CC=CC3=C4C=c5oc6cc7c(cc6c5=C5C=CC=C(C(=C1)C23)C45)OC1C=CC=CC1=[N+]7c1cc(-c2cccnc2)c2cc(N(c3ccccc3)c3ccc4oc5ccccc5c4c3)c3ccc(-c4cccnc4)c4ccc1c2c43. The minimum atomic E-state index is -0.359. The molecule has 83 heavy (non-hydrogen) atoms. The lowest BCUT2D eigenvalue weighted by Gasteiger charge is -2.41. The van der Waals surface area contributed by atoms with Crippen LogP contribution in [0.2, 0.25) is 0 Å². The average molecular weight is 1060 g/mol. The van der Waals surface area contributed by atoms with Crippen molar-refractivity contribution in [1.82, 2.24) is 14.5 Å². The molecule has 12 aromatic rings. The molecule has 19 rings (SSSR count). The number of furan rings is 2. The van der Waals surface area contributed by atoms with Crippen LogP contribution in [0.1, 0.15) is 0 Å². The Morgan fingerprint density at radius 2 is 1.24 bits per heavy atom. The molecule has 3 unspecified atom stereocenters. The van der Waals surface area contributed by atoms with Gasteiger partial charge in [0, 0.05) is 109 Å². The van der Waals surface area contributed by atoms with E-state index in [1.54, 1.807) is 0 Å². The third kappa shape index (κ3) is 6.30. The maximum Gasteiger partial charge on any atom is 0.257 e. The zero-order valence-electron chi connectivity index (χ0n) is 44.5. The molecule has 1 aliphatic heterocycles. The predicted octanol–water partition coefficient (Wildman–Crippen LogP) is 17.0. The molecule has 6 aliphatic carbocycles. The van der Waals surface area contributed by atoms with Crippen molar-refractivity contribution in [2.75, 3.05) is 4.90 Å². The fourth-order valence-electron chi connectivity index (χ4n) is 14.8. The third-order valence-electron chi connectivity index (χ3n) is 18.2. The Morgan fingerprint density at radius 1 is 0.470 bits per heavy atom. The second-order valence-electron chi connectivity index (χ2n) is 22.5. The highest BCUT2D eigenvalue weighted by atomic mass is 16.5. The van der Waals surface area contributed by atoms with Crippen molar-refractivity contribution in [3.8, 4) is 28.0 Å². The molecule has 0 saturated heterocycles. The fraction of sp³-hybridized carbons (Fsp3) is 0.0395. The number of benzene rings is 8. The molecule has 0 fully saturated rings. The van der Waals surface area contributed by atoms with E-state index in [4.69, 9.17) is 18.6 Å². The summed E-state index contributed by atoms with van der Waals surface area (Å²) in [6.07, 6.45) is 38.7. The molecule has 5 heterocycles. The van der Waals surface area contributed by atoms with E-state index in [1.165, 1.54) is 33.4 Å². The van der Waals surface area contributed by atoms with Crippen LogP contribution in [0.5, 0.6) is 5.75 Å². The minimum Gasteiger partial charge on any atom is -0.468 e. The lowest BCUT2D eigenvalue weighted by Crippen LogP contribution is -2.37. The van der Waals surface area contributed by atoms with Crippen LogP contribution in [-0.4, -0.2) is 21.8 Å². The Labute approximate surface area is 475 Å². The Kier molecular flexibility index (Phi) is 9.11. The number of fused-ring (bicyclic) bond motifs is 9. The van der Waals surface area contributed by atoms with Gasteiger partial charge in [-0.2, -0.15) is 0 Å². The van der Waals surface area contributed by atoms with Gasteiger partial charge in [-0.15, -0.1) is 4.58 Å². The van der Waals surface area contributed by atoms with Gasteiger partial charge in [0.25, 0.3) is 5.69 Å². The van der Waals surface area contributed by atoms with Gasteiger partial charge in [0.05, 0.1) is 17.1 Å². The maximum atomic E-state index is 7.19. The van der Waals surface area contributed by atoms with Gasteiger partial charge in [-0.1, -0.05) is 134 Å². The topological polar surface area (TPSA) is 67.5 Å². The molecule has 7 aliphatic rings. The van der Waals surface area contributed by atoms with Crippen LogP contribution in [0, 0.1) is 11.8 Å².